The standard InChI is InChI=1S/C14H16N2O2S/c1-2-16-14(18)12-7-5-11(6-8-12)10-19-13(17)4-3-9-15/h5-8H,2-4,10H2,1H3,(H,16,18). The first-order chi connectivity index (χ1) is 9.17. The molecule has 0 aromatic heterocycles. The number of rotatable bonds is 6. The molecule has 0 saturated carbocycles. The van der Waals surface area contributed by atoms with Crippen LogP contribution < -0.4 is 5.32 Å². The predicted molar refractivity (Wildman–Crippen MR) is 75.6 cm³/mol. The molecule has 100 valence electrons. The Balaban J connectivity index is 2.46. The van der Waals surface area contributed by atoms with Gasteiger partial charge in [-0.25, -0.2) is 0 Å². The first-order valence-corrected chi connectivity index (χ1v) is 7.05. The van der Waals surface area contributed by atoms with Gasteiger partial charge in [-0.2, -0.15) is 5.26 Å². The minimum Gasteiger partial charge on any atom is -0.352 e. The normalized spacial score (nSPS) is 9.68. The molecule has 19 heavy (non-hydrogen) atoms. The molecule has 0 aliphatic carbocycles. The second kappa shape index (κ2) is 8.33. The maximum Gasteiger partial charge on any atom is 0.251 e. The van der Waals surface area contributed by atoms with E-state index in [1.165, 1.54) is 11.8 Å². The van der Waals surface area contributed by atoms with Crippen LogP contribution in [-0.4, -0.2) is 17.6 Å². The van der Waals surface area contributed by atoms with Crippen molar-refractivity contribution >= 4 is 22.8 Å². The molecule has 0 aliphatic heterocycles. The van der Waals surface area contributed by atoms with Crippen molar-refractivity contribution in [2.75, 3.05) is 6.54 Å². The molecule has 0 saturated heterocycles. The second-order valence-electron chi connectivity index (χ2n) is 3.88. The molecule has 1 aromatic carbocycles. The van der Waals surface area contributed by atoms with Crippen molar-refractivity contribution in [3.8, 4) is 6.07 Å². The maximum absolute atomic E-state index is 11.5. The zero-order chi connectivity index (χ0) is 14.1. The van der Waals surface area contributed by atoms with Crippen LogP contribution in [0.3, 0.4) is 0 Å². The Hall–Kier alpha value is -1.80. The average molecular weight is 276 g/mol. The van der Waals surface area contributed by atoms with Crippen molar-refractivity contribution in [3.05, 3.63) is 35.4 Å². The van der Waals surface area contributed by atoms with E-state index in [1.54, 1.807) is 12.1 Å². The smallest absolute Gasteiger partial charge is 0.251 e. The third kappa shape index (κ3) is 5.58. The third-order valence-electron chi connectivity index (χ3n) is 2.39. The first kappa shape index (κ1) is 15.3. The highest BCUT2D eigenvalue weighted by Gasteiger charge is 2.05. The number of nitrogens with one attached hydrogen (secondary N) is 1. The zero-order valence-corrected chi connectivity index (χ0v) is 11.6. The van der Waals surface area contributed by atoms with Crippen molar-refractivity contribution in [2.24, 2.45) is 0 Å². The van der Waals surface area contributed by atoms with Gasteiger partial charge in [0.15, 0.2) is 5.12 Å². The van der Waals surface area contributed by atoms with Crippen molar-refractivity contribution < 1.29 is 9.59 Å². The van der Waals surface area contributed by atoms with Gasteiger partial charge >= 0.3 is 0 Å². The quantitative estimate of drug-likeness (QED) is 0.866. The Labute approximate surface area is 117 Å². The van der Waals surface area contributed by atoms with Gasteiger partial charge in [-0.1, -0.05) is 23.9 Å². The van der Waals surface area contributed by atoms with Crippen LogP contribution in [0.25, 0.3) is 0 Å². The number of benzene rings is 1. The minimum atomic E-state index is -0.0909. The van der Waals surface area contributed by atoms with Gasteiger partial charge in [0.2, 0.25) is 0 Å². The summed E-state index contributed by atoms with van der Waals surface area (Å²) in [5.74, 6) is 0.478. The summed E-state index contributed by atoms with van der Waals surface area (Å²) < 4.78 is 0. The van der Waals surface area contributed by atoms with E-state index < -0.39 is 0 Å². The molecule has 0 heterocycles. The van der Waals surface area contributed by atoms with Crippen LogP contribution in [0.4, 0.5) is 0 Å². The van der Waals surface area contributed by atoms with E-state index in [2.05, 4.69) is 5.32 Å². The highest BCUT2D eigenvalue weighted by molar-refractivity contribution is 8.12. The summed E-state index contributed by atoms with van der Waals surface area (Å²) in [4.78, 5) is 22.9. The number of hydrogen-bond donors (Lipinski definition) is 1. The van der Waals surface area contributed by atoms with Crippen LogP contribution in [0.15, 0.2) is 24.3 Å². The number of carbonyl (C=O) groups excluding carboxylic acids is 2. The molecule has 0 bridgehead atoms. The molecule has 0 aliphatic rings. The fourth-order valence-electron chi connectivity index (χ4n) is 1.41. The topological polar surface area (TPSA) is 70.0 Å². The number of amides is 1. The molecule has 0 atom stereocenters. The van der Waals surface area contributed by atoms with Crippen LogP contribution in [0.5, 0.6) is 0 Å². The average Bonchev–Trinajstić information content (AvgIpc) is 2.43. The number of nitriles is 1. The number of hydrogen-bond acceptors (Lipinski definition) is 4. The Bertz CT molecular complexity index is 477. The molecule has 1 N–H and O–H groups in total. The van der Waals surface area contributed by atoms with Gasteiger partial charge in [0, 0.05) is 30.7 Å². The molecule has 0 radical (unpaired) electrons. The van der Waals surface area contributed by atoms with E-state index in [-0.39, 0.29) is 23.9 Å². The van der Waals surface area contributed by atoms with Gasteiger partial charge in [0.25, 0.3) is 5.91 Å². The van der Waals surface area contributed by atoms with Crippen molar-refractivity contribution in [1.29, 1.82) is 5.26 Å². The Morgan fingerprint density at radius 1 is 1.32 bits per heavy atom. The van der Waals surface area contributed by atoms with E-state index >= 15 is 0 Å². The Morgan fingerprint density at radius 3 is 2.58 bits per heavy atom. The lowest BCUT2D eigenvalue weighted by molar-refractivity contribution is -0.110. The number of thioether (sulfide) groups is 1. The molecule has 1 amide bonds. The highest BCUT2D eigenvalue weighted by atomic mass is 32.2. The van der Waals surface area contributed by atoms with E-state index in [1.807, 2.05) is 25.1 Å². The maximum atomic E-state index is 11.5. The Morgan fingerprint density at radius 2 is 2.00 bits per heavy atom. The SMILES string of the molecule is CCNC(=O)c1ccc(CSC(=O)CCC#N)cc1. The van der Waals surface area contributed by atoms with Gasteiger partial charge in [-0.05, 0) is 24.6 Å². The first-order valence-electron chi connectivity index (χ1n) is 6.07. The fourth-order valence-corrected chi connectivity index (χ4v) is 2.18. The Kier molecular flexibility index (Phi) is 6.69. The molecule has 5 heteroatoms. The van der Waals surface area contributed by atoms with Crippen molar-refractivity contribution in [2.45, 2.75) is 25.5 Å². The van der Waals surface area contributed by atoms with E-state index in [4.69, 9.17) is 5.26 Å². The molecule has 4 nitrogen and oxygen atoms in total. The molecule has 0 fully saturated rings. The molecule has 1 rings (SSSR count). The summed E-state index contributed by atoms with van der Waals surface area (Å²) in [7, 11) is 0. The summed E-state index contributed by atoms with van der Waals surface area (Å²) in [6.07, 6.45) is 0.556. The zero-order valence-electron chi connectivity index (χ0n) is 10.8. The van der Waals surface area contributed by atoms with Crippen LogP contribution in [0.1, 0.15) is 35.7 Å². The molecular weight excluding hydrogens is 260 g/mol. The van der Waals surface area contributed by atoms with Gasteiger partial charge < -0.3 is 5.32 Å². The van der Waals surface area contributed by atoms with Gasteiger partial charge in [0.1, 0.15) is 0 Å². The van der Waals surface area contributed by atoms with Crippen molar-refractivity contribution in [3.63, 3.8) is 0 Å². The van der Waals surface area contributed by atoms with Crippen LogP contribution in [0, 0.1) is 11.3 Å². The summed E-state index contributed by atoms with van der Waals surface area (Å²) in [6.45, 7) is 2.47. The third-order valence-corrected chi connectivity index (χ3v) is 3.40. The second-order valence-corrected chi connectivity index (χ2v) is 4.91. The van der Waals surface area contributed by atoms with E-state index in [0.717, 1.165) is 5.56 Å². The molecule has 0 spiro atoms. The molecular formula is C14H16N2O2S. The monoisotopic (exact) mass is 276 g/mol. The highest BCUT2D eigenvalue weighted by Crippen LogP contribution is 2.16. The van der Waals surface area contributed by atoms with Crippen LogP contribution in [-0.2, 0) is 10.5 Å². The fraction of sp³-hybridized carbons (Fsp3) is 0.357. The lowest BCUT2D eigenvalue weighted by Crippen LogP contribution is -2.22. The minimum absolute atomic E-state index is 0.0225. The van der Waals surface area contributed by atoms with Gasteiger partial charge in [-0.15, -0.1) is 0 Å². The molecule has 0 unspecified atom stereocenters. The summed E-state index contributed by atoms with van der Waals surface area (Å²) in [5.41, 5.74) is 1.61. The summed E-state index contributed by atoms with van der Waals surface area (Å²) >= 11 is 1.20. The number of nitrogens with zero attached hydrogens (tertiary/aromatic N) is 1. The van der Waals surface area contributed by atoms with Gasteiger partial charge in [-0.3, -0.25) is 9.59 Å². The van der Waals surface area contributed by atoms with Gasteiger partial charge in [0.05, 0.1) is 6.07 Å². The summed E-state index contributed by atoms with van der Waals surface area (Å²) in [5, 5.41) is 11.1. The largest absolute Gasteiger partial charge is 0.352 e. The predicted octanol–water partition coefficient (Wildman–Crippen LogP) is 2.50. The van der Waals surface area contributed by atoms with Crippen LogP contribution in [0.2, 0.25) is 0 Å². The van der Waals surface area contributed by atoms with E-state index in [0.29, 0.717) is 17.9 Å². The summed E-state index contributed by atoms with van der Waals surface area (Å²) in [6, 6.07) is 9.14. The van der Waals surface area contributed by atoms with E-state index in [9.17, 15) is 9.59 Å². The number of carbonyl (C=O) groups is 2. The molecule has 1 aromatic rings. The van der Waals surface area contributed by atoms with Crippen molar-refractivity contribution in [1.82, 2.24) is 5.32 Å². The van der Waals surface area contributed by atoms with Crippen LogP contribution >= 0.6 is 11.8 Å². The lowest BCUT2D eigenvalue weighted by Gasteiger charge is -2.04. The lowest BCUT2D eigenvalue weighted by atomic mass is 10.1.